The van der Waals surface area contributed by atoms with E-state index >= 15 is 0 Å². The fourth-order valence-electron chi connectivity index (χ4n) is 3.18. The molecular weight excluding hydrogens is 282 g/mol. The topological polar surface area (TPSA) is 56.8 Å². The molecule has 1 unspecified atom stereocenters. The molecule has 1 aromatic rings. The molecule has 1 aliphatic carbocycles. The Morgan fingerprint density at radius 3 is 2.73 bits per heavy atom. The van der Waals surface area contributed by atoms with Gasteiger partial charge in [-0.15, -0.1) is 0 Å². The van der Waals surface area contributed by atoms with Crippen molar-refractivity contribution >= 4 is 6.09 Å². The lowest BCUT2D eigenvalue weighted by Gasteiger charge is -2.34. The number of carbonyl (C=O) groups is 1. The van der Waals surface area contributed by atoms with E-state index in [2.05, 4.69) is 5.32 Å². The lowest BCUT2D eigenvalue weighted by Crippen LogP contribution is -2.43. The van der Waals surface area contributed by atoms with Crippen LogP contribution in [0.25, 0.3) is 0 Å². The largest absolute Gasteiger partial charge is 0.493 e. The summed E-state index contributed by atoms with van der Waals surface area (Å²) in [6.45, 7) is 2.55. The van der Waals surface area contributed by atoms with Crippen LogP contribution in [0.5, 0.6) is 11.5 Å². The molecule has 2 fully saturated rings. The Morgan fingerprint density at radius 1 is 1.27 bits per heavy atom. The Bertz CT molecular complexity index is 554. The minimum atomic E-state index is -0.623. The van der Waals surface area contributed by atoms with Gasteiger partial charge in [-0.1, -0.05) is 6.07 Å². The van der Waals surface area contributed by atoms with Crippen LogP contribution in [-0.4, -0.2) is 25.9 Å². The second-order valence-electron chi connectivity index (χ2n) is 6.19. The minimum Gasteiger partial charge on any atom is -0.493 e. The van der Waals surface area contributed by atoms with Crippen LogP contribution in [0.1, 0.15) is 44.6 Å². The highest BCUT2D eigenvalue weighted by Crippen LogP contribution is 2.38. The monoisotopic (exact) mass is 305 g/mol. The summed E-state index contributed by atoms with van der Waals surface area (Å²) in [6, 6.07) is 5.79. The van der Waals surface area contributed by atoms with E-state index in [0.717, 1.165) is 36.3 Å². The third-order valence-electron chi connectivity index (χ3n) is 4.56. The summed E-state index contributed by atoms with van der Waals surface area (Å²) >= 11 is 0. The van der Waals surface area contributed by atoms with Crippen LogP contribution in [0.3, 0.4) is 0 Å². The Balaban J connectivity index is 1.87. The van der Waals surface area contributed by atoms with E-state index in [-0.39, 0.29) is 12.2 Å². The Hall–Kier alpha value is -1.91. The predicted octanol–water partition coefficient (Wildman–Crippen LogP) is 3.36. The van der Waals surface area contributed by atoms with E-state index in [9.17, 15) is 4.79 Å². The first-order chi connectivity index (χ1) is 10.6. The molecule has 5 heteroatoms. The van der Waals surface area contributed by atoms with Crippen molar-refractivity contribution in [3.8, 4) is 11.5 Å². The summed E-state index contributed by atoms with van der Waals surface area (Å²) in [5.74, 6) is 1.46. The second kappa shape index (κ2) is 6.07. The van der Waals surface area contributed by atoms with E-state index in [1.807, 2.05) is 25.1 Å². The number of hydrogen-bond donors (Lipinski definition) is 1. The average Bonchev–Trinajstić information content (AvgIpc) is 3.00. The van der Waals surface area contributed by atoms with Gasteiger partial charge in [-0.25, -0.2) is 4.79 Å². The van der Waals surface area contributed by atoms with Gasteiger partial charge in [0.15, 0.2) is 11.5 Å². The van der Waals surface area contributed by atoms with Crippen LogP contribution in [0.4, 0.5) is 4.79 Å². The van der Waals surface area contributed by atoms with E-state index in [1.54, 1.807) is 7.11 Å². The standard InChI is InChI=1S/C17H23NO4/c1-17(9-10-18-16(19)22-17)12-7-8-14(20-2)15(11-12)21-13-5-3-4-6-13/h7-8,11,13H,3-6,9-10H2,1-2H3,(H,18,19). The van der Waals surface area contributed by atoms with Gasteiger partial charge in [0, 0.05) is 13.0 Å². The van der Waals surface area contributed by atoms with Crippen molar-refractivity contribution in [3.05, 3.63) is 23.8 Å². The maximum absolute atomic E-state index is 11.5. The normalized spacial score (nSPS) is 25.5. The van der Waals surface area contributed by atoms with Crippen molar-refractivity contribution in [3.63, 3.8) is 0 Å². The molecule has 1 atom stereocenters. The smallest absolute Gasteiger partial charge is 0.408 e. The van der Waals surface area contributed by atoms with E-state index in [0.29, 0.717) is 6.54 Å². The van der Waals surface area contributed by atoms with Crippen LogP contribution >= 0.6 is 0 Å². The first-order valence-corrected chi connectivity index (χ1v) is 7.93. The molecule has 2 aliphatic rings. The number of rotatable bonds is 4. The van der Waals surface area contributed by atoms with Crippen molar-refractivity contribution < 1.29 is 19.0 Å². The number of methoxy groups -OCH3 is 1. The van der Waals surface area contributed by atoms with Gasteiger partial charge in [-0.05, 0) is 50.3 Å². The predicted molar refractivity (Wildman–Crippen MR) is 82.3 cm³/mol. The van der Waals surface area contributed by atoms with Gasteiger partial charge in [-0.2, -0.15) is 0 Å². The van der Waals surface area contributed by atoms with Gasteiger partial charge in [0.1, 0.15) is 5.60 Å². The quantitative estimate of drug-likeness (QED) is 0.926. The SMILES string of the molecule is COc1ccc(C2(C)CCNC(=O)O2)cc1OC1CCCC1. The van der Waals surface area contributed by atoms with Crippen LogP contribution in [-0.2, 0) is 10.3 Å². The number of ether oxygens (including phenoxy) is 3. The van der Waals surface area contributed by atoms with Gasteiger partial charge in [0.05, 0.1) is 13.2 Å². The zero-order valence-corrected chi connectivity index (χ0v) is 13.2. The summed E-state index contributed by atoms with van der Waals surface area (Å²) in [5, 5.41) is 2.69. The summed E-state index contributed by atoms with van der Waals surface area (Å²) in [5.41, 5.74) is 0.318. The van der Waals surface area contributed by atoms with Crippen LogP contribution in [0.2, 0.25) is 0 Å². The number of carbonyl (C=O) groups excluding carboxylic acids is 1. The molecular formula is C17H23NO4. The molecule has 1 heterocycles. The molecule has 0 spiro atoms. The summed E-state index contributed by atoms with van der Waals surface area (Å²) in [6.07, 6.45) is 5.22. The fraction of sp³-hybridized carbons (Fsp3) is 0.588. The highest BCUT2D eigenvalue weighted by atomic mass is 16.6. The molecule has 3 rings (SSSR count). The number of nitrogens with one attached hydrogen (secondary N) is 1. The molecule has 0 bridgehead atoms. The number of alkyl carbamates (subject to hydrolysis) is 1. The molecule has 1 N–H and O–H groups in total. The van der Waals surface area contributed by atoms with Gasteiger partial charge in [-0.3, -0.25) is 0 Å². The lowest BCUT2D eigenvalue weighted by molar-refractivity contribution is -0.00301. The van der Waals surface area contributed by atoms with E-state index < -0.39 is 5.60 Å². The zero-order chi connectivity index (χ0) is 15.6. The van der Waals surface area contributed by atoms with Crippen molar-refractivity contribution in [2.24, 2.45) is 0 Å². The number of cyclic esters (lactones) is 1. The third-order valence-corrected chi connectivity index (χ3v) is 4.56. The molecule has 0 aromatic heterocycles. The lowest BCUT2D eigenvalue weighted by atomic mass is 9.91. The molecule has 1 aromatic carbocycles. The van der Waals surface area contributed by atoms with Crippen molar-refractivity contribution in [2.75, 3.05) is 13.7 Å². The molecule has 1 amide bonds. The number of benzene rings is 1. The zero-order valence-electron chi connectivity index (χ0n) is 13.2. The highest BCUT2D eigenvalue weighted by molar-refractivity contribution is 5.69. The average molecular weight is 305 g/mol. The Kier molecular flexibility index (Phi) is 4.14. The van der Waals surface area contributed by atoms with Crippen LogP contribution in [0.15, 0.2) is 18.2 Å². The van der Waals surface area contributed by atoms with E-state index in [1.165, 1.54) is 12.8 Å². The summed E-state index contributed by atoms with van der Waals surface area (Å²) in [7, 11) is 1.64. The van der Waals surface area contributed by atoms with Gasteiger partial charge < -0.3 is 19.5 Å². The molecule has 22 heavy (non-hydrogen) atoms. The van der Waals surface area contributed by atoms with Crippen molar-refractivity contribution in [1.29, 1.82) is 0 Å². The molecule has 1 saturated heterocycles. The highest BCUT2D eigenvalue weighted by Gasteiger charge is 2.35. The van der Waals surface area contributed by atoms with E-state index in [4.69, 9.17) is 14.2 Å². The first-order valence-electron chi connectivity index (χ1n) is 7.93. The van der Waals surface area contributed by atoms with Crippen molar-refractivity contribution in [1.82, 2.24) is 5.32 Å². The number of hydrogen-bond acceptors (Lipinski definition) is 4. The second-order valence-corrected chi connectivity index (χ2v) is 6.19. The Labute approximate surface area is 130 Å². The molecule has 5 nitrogen and oxygen atoms in total. The minimum absolute atomic E-state index is 0.257. The Morgan fingerprint density at radius 2 is 2.05 bits per heavy atom. The van der Waals surface area contributed by atoms with Gasteiger partial charge in [0.2, 0.25) is 0 Å². The number of amides is 1. The molecule has 0 radical (unpaired) electrons. The molecule has 1 aliphatic heterocycles. The van der Waals surface area contributed by atoms with Crippen molar-refractivity contribution in [2.45, 2.75) is 50.7 Å². The molecule has 120 valence electrons. The molecule has 1 saturated carbocycles. The van der Waals surface area contributed by atoms with Gasteiger partial charge >= 0.3 is 6.09 Å². The third kappa shape index (κ3) is 2.98. The summed E-state index contributed by atoms with van der Waals surface area (Å²) < 4.78 is 17.0. The maximum atomic E-state index is 11.5. The van der Waals surface area contributed by atoms with Crippen LogP contribution < -0.4 is 14.8 Å². The van der Waals surface area contributed by atoms with Gasteiger partial charge in [0.25, 0.3) is 0 Å². The fourth-order valence-corrected chi connectivity index (χ4v) is 3.18. The van der Waals surface area contributed by atoms with Crippen LogP contribution in [0, 0.1) is 0 Å². The maximum Gasteiger partial charge on any atom is 0.408 e. The first kappa shape index (κ1) is 15.0. The summed E-state index contributed by atoms with van der Waals surface area (Å²) in [4.78, 5) is 11.5.